The number of para-hydroxylation sites is 1. The normalized spacial score (nSPS) is 11.6. The highest BCUT2D eigenvalue weighted by atomic mass is 16.5. The lowest BCUT2D eigenvalue weighted by Crippen LogP contribution is -2.30. The van der Waals surface area contributed by atoms with Crippen LogP contribution >= 0.6 is 0 Å². The summed E-state index contributed by atoms with van der Waals surface area (Å²) in [5.74, 6) is -0.124. The predicted octanol–water partition coefficient (Wildman–Crippen LogP) is 3.74. The van der Waals surface area contributed by atoms with E-state index in [1.807, 2.05) is 30.3 Å². The molecule has 0 aliphatic carbocycles. The Labute approximate surface area is 132 Å². The predicted molar refractivity (Wildman–Crippen MR) is 88.8 cm³/mol. The highest BCUT2D eigenvalue weighted by Gasteiger charge is 2.18. The van der Waals surface area contributed by atoms with Gasteiger partial charge in [0.15, 0.2) is 0 Å². The average molecular weight is 303 g/mol. The molecule has 0 bridgehead atoms. The molecule has 0 fully saturated rings. The van der Waals surface area contributed by atoms with Crippen LogP contribution in [-0.2, 0) is 14.3 Å². The van der Waals surface area contributed by atoms with Gasteiger partial charge in [-0.05, 0) is 25.0 Å². The standard InChI is InChI=1S/C18H25NO3/c1-2-15-22-17(13-9-4-3-5-10-14-20)18(21)19-16-11-7-6-8-12-16/h2,6-8,11-12,14,17H,1,3-5,9-10,13,15H2,(H,19,21). The van der Waals surface area contributed by atoms with Crippen molar-refractivity contribution < 1.29 is 14.3 Å². The fourth-order valence-electron chi connectivity index (χ4n) is 2.13. The molecule has 1 amide bonds. The van der Waals surface area contributed by atoms with Crippen molar-refractivity contribution in [1.29, 1.82) is 0 Å². The van der Waals surface area contributed by atoms with Gasteiger partial charge < -0.3 is 14.8 Å². The molecular weight excluding hydrogens is 278 g/mol. The van der Waals surface area contributed by atoms with Crippen LogP contribution in [0.2, 0.25) is 0 Å². The molecule has 0 aliphatic heterocycles. The average Bonchev–Trinajstić information content (AvgIpc) is 2.54. The minimum Gasteiger partial charge on any atom is -0.364 e. The third kappa shape index (κ3) is 7.74. The number of unbranched alkanes of at least 4 members (excludes halogenated alkanes) is 4. The van der Waals surface area contributed by atoms with E-state index in [2.05, 4.69) is 11.9 Å². The Morgan fingerprint density at radius 2 is 1.91 bits per heavy atom. The molecular formula is C18H25NO3. The number of amides is 1. The molecule has 22 heavy (non-hydrogen) atoms. The van der Waals surface area contributed by atoms with Gasteiger partial charge in [0.1, 0.15) is 12.4 Å². The van der Waals surface area contributed by atoms with E-state index in [9.17, 15) is 9.59 Å². The first-order chi connectivity index (χ1) is 10.8. The topological polar surface area (TPSA) is 55.4 Å². The van der Waals surface area contributed by atoms with Gasteiger partial charge in [-0.25, -0.2) is 0 Å². The lowest BCUT2D eigenvalue weighted by atomic mass is 10.1. The number of ether oxygens (including phenoxy) is 1. The number of benzene rings is 1. The van der Waals surface area contributed by atoms with Gasteiger partial charge in [0.25, 0.3) is 5.91 Å². The van der Waals surface area contributed by atoms with Crippen LogP contribution in [0.1, 0.15) is 38.5 Å². The first-order valence-corrected chi connectivity index (χ1v) is 7.80. The molecule has 0 aliphatic rings. The van der Waals surface area contributed by atoms with E-state index in [-0.39, 0.29) is 5.91 Å². The van der Waals surface area contributed by atoms with Crippen LogP contribution in [-0.4, -0.2) is 24.9 Å². The molecule has 1 aromatic rings. The van der Waals surface area contributed by atoms with Crippen molar-refractivity contribution in [3.8, 4) is 0 Å². The van der Waals surface area contributed by atoms with Gasteiger partial charge in [-0.15, -0.1) is 6.58 Å². The van der Waals surface area contributed by atoms with Crippen LogP contribution in [0.5, 0.6) is 0 Å². The maximum atomic E-state index is 12.3. The maximum Gasteiger partial charge on any atom is 0.253 e. The molecule has 0 spiro atoms. The van der Waals surface area contributed by atoms with E-state index in [1.54, 1.807) is 6.08 Å². The number of carbonyl (C=O) groups is 2. The molecule has 4 nitrogen and oxygen atoms in total. The Morgan fingerprint density at radius 3 is 2.59 bits per heavy atom. The third-order valence-electron chi connectivity index (χ3n) is 3.29. The number of anilines is 1. The molecule has 0 heterocycles. The summed E-state index contributed by atoms with van der Waals surface area (Å²) in [7, 11) is 0. The lowest BCUT2D eigenvalue weighted by molar-refractivity contribution is -0.127. The monoisotopic (exact) mass is 303 g/mol. The summed E-state index contributed by atoms with van der Waals surface area (Å²) < 4.78 is 5.57. The van der Waals surface area contributed by atoms with Gasteiger partial charge in [-0.1, -0.05) is 43.5 Å². The second kappa shape index (κ2) is 11.7. The zero-order valence-corrected chi connectivity index (χ0v) is 13.0. The SMILES string of the molecule is C=CCOC(CCCCCCC=O)C(=O)Nc1ccccc1. The fraction of sp³-hybridized carbons (Fsp3) is 0.444. The van der Waals surface area contributed by atoms with E-state index in [0.717, 1.165) is 37.7 Å². The molecule has 0 radical (unpaired) electrons. The van der Waals surface area contributed by atoms with Gasteiger partial charge in [-0.3, -0.25) is 4.79 Å². The molecule has 1 aromatic carbocycles. The van der Waals surface area contributed by atoms with Crippen molar-refractivity contribution in [3.05, 3.63) is 43.0 Å². The van der Waals surface area contributed by atoms with Crippen molar-refractivity contribution >= 4 is 17.9 Å². The van der Waals surface area contributed by atoms with E-state index in [4.69, 9.17) is 4.74 Å². The quantitative estimate of drug-likeness (QED) is 0.363. The zero-order valence-electron chi connectivity index (χ0n) is 13.0. The summed E-state index contributed by atoms with van der Waals surface area (Å²) in [5.41, 5.74) is 0.769. The second-order valence-corrected chi connectivity index (χ2v) is 5.12. The van der Waals surface area contributed by atoms with Gasteiger partial charge in [-0.2, -0.15) is 0 Å². The Morgan fingerprint density at radius 1 is 1.18 bits per heavy atom. The Hall–Kier alpha value is -1.94. The molecule has 0 aromatic heterocycles. The highest BCUT2D eigenvalue weighted by molar-refractivity contribution is 5.94. The van der Waals surface area contributed by atoms with Crippen molar-refractivity contribution in [1.82, 2.24) is 0 Å². The van der Waals surface area contributed by atoms with Gasteiger partial charge in [0.2, 0.25) is 0 Å². The molecule has 1 unspecified atom stereocenters. The smallest absolute Gasteiger partial charge is 0.253 e. The summed E-state index contributed by atoms with van der Waals surface area (Å²) in [4.78, 5) is 22.5. The zero-order chi connectivity index (χ0) is 16.0. The number of hydrogen-bond donors (Lipinski definition) is 1. The second-order valence-electron chi connectivity index (χ2n) is 5.12. The van der Waals surface area contributed by atoms with Crippen LogP contribution < -0.4 is 5.32 Å². The minimum absolute atomic E-state index is 0.124. The Balaban J connectivity index is 2.39. The Bertz CT molecular complexity index is 445. The van der Waals surface area contributed by atoms with E-state index in [0.29, 0.717) is 19.4 Å². The summed E-state index contributed by atoms with van der Waals surface area (Å²) in [6.45, 7) is 3.98. The number of carbonyl (C=O) groups excluding carboxylic acids is 2. The van der Waals surface area contributed by atoms with Crippen LogP contribution in [0.25, 0.3) is 0 Å². The van der Waals surface area contributed by atoms with Crippen molar-refractivity contribution in [3.63, 3.8) is 0 Å². The molecule has 0 saturated heterocycles. The van der Waals surface area contributed by atoms with Crippen molar-refractivity contribution in [2.75, 3.05) is 11.9 Å². The van der Waals surface area contributed by atoms with Gasteiger partial charge in [0.05, 0.1) is 6.61 Å². The summed E-state index contributed by atoms with van der Waals surface area (Å²) in [5, 5.41) is 2.87. The van der Waals surface area contributed by atoms with Crippen LogP contribution in [0.15, 0.2) is 43.0 Å². The van der Waals surface area contributed by atoms with Crippen LogP contribution in [0.4, 0.5) is 5.69 Å². The minimum atomic E-state index is -0.468. The first-order valence-electron chi connectivity index (χ1n) is 7.80. The Kier molecular flexibility index (Phi) is 9.62. The maximum absolute atomic E-state index is 12.3. The van der Waals surface area contributed by atoms with Gasteiger partial charge >= 0.3 is 0 Å². The lowest BCUT2D eigenvalue weighted by Gasteiger charge is -2.17. The number of rotatable bonds is 12. The molecule has 4 heteroatoms. The van der Waals surface area contributed by atoms with E-state index in [1.165, 1.54) is 0 Å². The molecule has 1 atom stereocenters. The summed E-state index contributed by atoms with van der Waals surface area (Å²) in [6.07, 6.45) is 7.24. The fourth-order valence-corrected chi connectivity index (χ4v) is 2.13. The van der Waals surface area contributed by atoms with Gasteiger partial charge in [0, 0.05) is 12.1 Å². The molecule has 1 N–H and O–H groups in total. The molecule has 0 saturated carbocycles. The van der Waals surface area contributed by atoms with Crippen LogP contribution in [0.3, 0.4) is 0 Å². The van der Waals surface area contributed by atoms with Crippen molar-refractivity contribution in [2.24, 2.45) is 0 Å². The van der Waals surface area contributed by atoms with Crippen molar-refractivity contribution in [2.45, 2.75) is 44.6 Å². The molecule has 1 rings (SSSR count). The first kappa shape index (κ1) is 18.1. The number of hydrogen-bond acceptors (Lipinski definition) is 3. The number of aldehydes is 1. The number of nitrogens with one attached hydrogen (secondary N) is 1. The highest BCUT2D eigenvalue weighted by Crippen LogP contribution is 2.12. The van der Waals surface area contributed by atoms with Crippen LogP contribution in [0, 0.1) is 0 Å². The molecule has 120 valence electrons. The largest absolute Gasteiger partial charge is 0.364 e. The summed E-state index contributed by atoms with van der Waals surface area (Å²) in [6, 6.07) is 9.36. The van der Waals surface area contributed by atoms with E-state index >= 15 is 0 Å². The van der Waals surface area contributed by atoms with E-state index < -0.39 is 6.10 Å². The summed E-state index contributed by atoms with van der Waals surface area (Å²) >= 11 is 0. The third-order valence-corrected chi connectivity index (χ3v) is 3.29.